The SMILES string of the molecule is Cc1c(C(=O)N(CCC(N)=O)CCc2ccccc2)[nH]c2c(F)cccc12. The number of aryl methyl sites for hydroxylation is 1. The zero-order valence-corrected chi connectivity index (χ0v) is 15.2. The minimum Gasteiger partial charge on any atom is -0.370 e. The minimum absolute atomic E-state index is 0.0775. The third-order valence-corrected chi connectivity index (χ3v) is 4.69. The highest BCUT2D eigenvalue weighted by Crippen LogP contribution is 2.25. The second-order valence-corrected chi connectivity index (χ2v) is 6.53. The molecule has 0 spiro atoms. The molecule has 2 amide bonds. The molecule has 0 radical (unpaired) electrons. The van der Waals surface area contributed by atoms with Gasteiger partial charge in [-0.2, -0.15) is 0 Å². The monoisotopic (exact) mass is 367 g/mol. The van der Waals surface area contributed by atoms with Gasteiger partial charge >= 0.3 is 0 Å². The lowest BCUT2D eigenvalue weighted by Crippen LogP contribution is -2.36. The number of hydrogen-bond acceptors (Lipinski definition) is 2. The number of primary amides is 1. The van der Waals surface area contributed by atoms with Crippen LogP contribution in [0.5, 0.6) is 0 Å². The molecule has 0 fully saturated rings. The van der Waals surface area contributed by atoms with E-state index in [9.17, 15) is 14.0 Å². The van der Waals surface area contributed by atoms with Crippen molar-refractivity contribution in [3.8, 4) is 0 Å². The largest absolute Gasteiger partial charge is 0.370 e. The van der Waals surface area contributed by atoms with Crippen LogP contribution in [0.3, 0.4) is 0 Å². The van der Waals surface area contributed by atoms with E-state index in [0.29, 0.717) is 35.1 Å². The summed E-state index contributed by atoms with van der Waals surface area (Å²) >= 11 is 0. The number of carbonyl (C=O) groups excluding carboxylic acids is 2. The van der Waals surface area contributed by atoms with Crippen molar-refractivity contribution in [3.63, 3.8) is 0 Å². The van der Waals surface area contributed by atoms with Crippen molar-refractivity contribution in [1.29, 1.82) is 0 Å². The Hall–Kier alpha value is -3.15. The van der Waals surface area contributed by atoms with Gasteiger partial charge in [0.1, 0.15) is 11.5 Å². The molecule has 0 aliphatic heterocycles. The summed E-state index contributed by atoms with van der Waals surface area (Å²) in [5.74, 6) is -1.13. The number of aromatic nitrogens is 1. The summed E-state index contributed by atoms with van der Waals surface area (Å²) in [6.07, 6.45) is 0.729. The van der Waals surface area contributed by atoms with Gasteiger partial charge in [0.25, 0.3) is 5.91 Å². The number of benzene rings is 2. The first-order valence-corrected chi connectivity index (χ1v) is 8.85. The van der Waals surface area contributed by atoms with Crippen LogP contribution in [0.2, 0.25) is 0 Å². The van der Waals surface area contributed by atoms with Gasteiger partial charge in [0, 0.05) is 24.9 Å². The van der Waals surface area contributed by atoms with E-state index in [1.54, 1.807) is 24.0 Å². The van der Waals surface area contributed by atoms with E-state index in [-0.39, 0.29) is 18.9 Å². The van der Waals surface area contributed by atoms with Crippen LogP contribution in [0, 0.1) is 12.7 Å². The van der Waals surface area contributed by atoms with Gasteiger partial charge in [0.05, 0.1) is 5.52 Å². The number of halogens is 1. The molecule has 0 aliphatic rings. The summed E-state index contributed by atoms with van der Waals surface area (Å²) in [4.78, 5) is 28.8. The van der Waals surface area contributed by atoms with E-state index < -0.39 is 11.7 Å². The van der Waals surface area contributed by atoms with Crippen molar-refractivity contribution in [2.45, 2.75) is 19.8 Å². The molecule has 2 aromatic carbocycles. The molecule has 5 nitrogen and oxygen atoms in total. The van der Waals surface area contributed by atoms with Crippen molar-refractivity contribution in [1.82, 2.24) is 9.88 Å². The van der Waals surface area contributed by atoms with Crippen molar-refractivity contribution >= 4 is 22.7 Å². The summed E-state index contributed by atoms with van der Waals surface area (Å²) < 4.78 is 14.1. The van der Waals surface area contributed by atoms with E-state index in [2.05, 4.69) is 4.98 Å². The number of hydrogen-bond donors (Lipinski definition) is 2. The van der Waals surface area contributed by atoms with Crippen molar-refractivity contribution in [2.24, 2.45) is 5.73 Å². The Morgan fingerprint density at radius 2 is 1.81 bits per heavy atom. The highest BCUT2D eigenvalue weighted by atomic mass is 19.1. The lowest BCUT2D eigenvalue weighted by Gasteiger charge is -2.22. The minimum atomic E-state index is -0.466. The number of para-hydroxylation sites is 1. The van der Waals surface area contributed by atoms with E-state index in [1.165, 1.54) is 6.07 Å². The highest BCUT2D eigenvalue weighted by molar-refractivity contribution is 6.01. The summed E-state index contributed by atoms with van der Waals surface area (Å²) in [5, 5.41) is 0.677. The molecule has 0 aliphatic carbocycles. The lowest BCUT2D eigenvalue weighted by molar-refractivity contribution is -0.118. The Morgan fingerprint density at radius 3 is 2.48 bits per heavy atom. The predicted molar refractivity (Wildman–Crippen MR) is 103 cm³/mol. The van der Waals surface area contributed by atoms with Crippen molar-refractivity contribution in [3.05, 3.63) is 71.2 Å². The highest BCUT2D eigenvalue weighted by Gasteiger charge is 2.22. The molecule has 140 valence electrons. The number of nitrogens with two attached hydrogens (primary N) is 1. The van der Waals surface area contributed by atoms with Gasteiger partial charge in [-0.15, -0.1) is 0 Å². The normalized spacial score (nSPS) is 10.9. The number of aromatic amines is 1. The van der Waals surface area contributed by atoms with Gasteiger partial charge < -0.3 is 15.6 Å². The van der Waals surface area contributed by atoms with Crippen LogP contribution in [0.4, 0.5) is 4.39 Å². The summed E-state index contributed by atoms with van der Waals surface area (Å²) in [6.45, 7) is 2.45. The third kappa shape index (κ3) is 4.16. The van der Waals surface area contributed by atoms with Crippen LogP contribution in [0.15, 0.2) is 48.5 Å². The van der Waals surface area contributed by atoms with Crippen LogP contribution in [0.1, 0.15) is 28.0 Å². The Bertz CT molecular complexity index is 966. The van der Waals surface area contributed by atoms with E-state index in [4.69, 9.17) is 5.73 Å². The zero-order valence-electron chi connectivity index (χ0n) is 15.2. The average Bonchev–Trinajstić information content (AvgIpc) is 3.00. The number of carbonyl (C=O) groups is 2. The fourth-order valence-corrected chi connectivity index (χ4v) is 3.16. The molecule has 1 heterocycles. The van der Waals surface area contributed by atoms with E-state index in [1.807, 2.05) is 30.3 Å². The smallest absolute Gasteiger partial charge is 0.270 e. The van der Waals surface area contributed by atoms with Gasteiger partial charge in [0.2, 0.25) is 5.91 Å². The lowest BCUT2D eigenvalue weighted by atomic mass is 10.1. The number of nitrogens with zero attached hydrogens (tertiary/aromatic N) is 1. The fraction of sp³-hybridized carbons (Fsp3) is 0.238. The summed E-state index contributed by atoms with van der Waals surface area (Å²) in [6, 6.07) is 14.5. The van der Waals surface area contributed by atoms with E-state index >= 15 is 0 Å². The molecular formula is C21H22FN3O2. The van der Waals surface area contributed by atoms with E-state index in [0.717, 1.165) is 5.56 Å². The van der Waals surface area contributed by atoms with Crippen LogP contribution in [0.25, 0.3) is 10.9 Å². The standard InChI is InChI=1S/C21H22FN3O2/c1-14-16-8-5-9-17(22)20(16)24-19(14)21(27)25(13-11-18(23)26)12-10-15-6-3-2-4-7-15/h2-9,24H,10-13H2,1H3,(H2,23,26). The maximum absolute atomic E-state index is 14.1. The number of H-pyrrole nitrogens is 1. The first-order chi connectivity index (χ1) is 13.0. The number of amides is 2. The molecule has 3 aromatic rings. The number of nitrogens with one attached hydrogen (secondary N) is 1. The third-order valence-electron chi connectivity index (χ3n) is 4.69. The van der Waals surface area contributed by atoms with Gasteiger partial charge in [0.15, 0.2) is 0 Å². The Labute approximate surface area is 157 Å². The summed E-state index contributed by atoms with van der Waals surface area (Å²) in [7, 11) is 0. The van der Waals surface area contributed by atoms with Gasteiger partial charge in [-0.3, -0.25) is 9.59 Å². The molecule has 3 N–H and O–H groups in total. The maximum atomic E-state index is 14.1. The molecule has 3 rings (SSSR count). The zero-order chi connectivity index (χ0) is 19.4. The first kappa shape index (κ1) is 18.6. The molecule has 0 unspecified atom stereocenters. The van der Waals surface area contributed by atoms with Gasteiger partial charge in [-0.1, -0.05) is 42.5 Å². The van der Waals surface area contributed by atoms with Crippen LogP contribution in [-0.4, -0.2) is 34.8 Å². The first-order valence-electron chi connectivity index (χ1n) is 8.85. The molecule has 27 heavy (non-hydrogen) atoms. The summed E-state index contributed by atoms with van der Waals surface area (Å²) in [5.41, 5.74) is 7.70. The predicted octanol–water partition coefficient (Wildman–Crippen LogP) is 3.18. The van der Waals surface area contributed by atoms with Gasteiger partial charge in [-0.25, -0.2) is 4.39 Å². The maximum Gasteiger partial charge on any atom is 0.270 e. The number of rotatable bonds is 7. The molecule has 6 heteroatoms. The second kappa shape index (κ2) is 8.03. The van der Waals surface area contributed by atoms with Gasteiger partial charge in [-0.05, 0) is 30.5 Å². The van der Waals surface area contributed by atoms with Crippen molar-refractivity contribution < 1.29 is 14.0 Å². The van der Waals surface area contributed by atoms with Crippen LogP contribution >= 0.6 is 0 Å². The quantitative estimate of drug-likeness (QED) is 0.673. The molecule has 1 aromatic heterocycles. The molecule has 0 bridgehead atoms. The molecule has 0 saturated carbocycles. The average molecular weight is 367 g/mol. The van der Waals surface area contributed by atoms with Crippen LogP contribution < -0.4 is 5.73 Å². The Kier molecular flexibility index (Phi) is 5.54. The Balaban J connectivity index is 1.86. The molecule has 0 atom stereocenters. The van der Waals surface area contributed by atoms with Crippen LogP contribution in [-0.2, 0) is 11.2 Å². The molecule has 0 saturated heterocycles. The molecular weight excluding hydrogens is 345 g/mol. The topological polar surface area (TPSA) is 79.2 Å². The second-order valence-electron chi connectivity index (χ2n) is 6.53. The fourth-order valence-electron chi connectivity index (χ4n) is 3.16. The number of fused-ring (bicyclic) bond motifs is 1. The Morgan fingerprint density at radius 1 is 1.07 bits per heavy atom. The van der Waals surface area contributed by atoms with Crippen molar-refractivity contribution in [2.75, 3.05) is 13.1 Å².